The number of alkyl halides is 1. The van der Waals surface area contributed by atoms with Crippen molar-refractivity contribution >= 4 is 33.4 Å². The first kappa shape index (κ1) is 12.3. The molecule has 0 amide bonds. The number of hydrogen-bond donors (Lipinski definition) is 1. The lowest BCUT2D eigenvalue weighted by Gasteiger charge is -2.27. The summed E-state index contributed by atoms with van der Waals surface area (Å²) in [6.07, 6.45) is 5.22. The number of rotatable bonds is 3. The van der Waals surface area contributed by atoms with Gasteiger partial charge in [-0.15, -0.1) is 11.6 Å². The number of hydrogen-bond acceptors (Lipinski definition) is 0. The Morgan fingerprint density at radius 2 is 1.85 bits per heavy atom. The minimum atomic E-state index is 0.151. The summed E-state index contributed by atoms with van der Waals surface area (Å²) in [7, 11) is 0. The van der Waals surface area contributed by atoms with Gasteiger partial charge < -0.3 is 4.98 Å². The Balaban J connectivity index is 1.74. The molecular weight excluding hydrogens is 266 g/mol. The number of aromatic nitrogens is 1. The van der Waals surface area contributed by atoms with Crippen LogP contribution in [0.25, 0.3) is 21.8 Å². The van der Waals surface area contributed by atoms with E-state index in [-0.39, 0.29) is 5.38 Å². The molecule has 1 N–H and O–H groups in total. The van der Waals surface area contributed by atoms with E-state index < -0.39 is 0 Å². The molecule has 0 radical (unpaired) electrons. The van der Waals surface area contributed by atoms with Gasteiger partial charge in [0.2, 0.25) is 0 Å². The molecule has 2 heteroatoms. The summed E-state index contributed by atoms with van der Waals surface area (Å²) in [6.45, 7) is 0. The summed E-state index contributed by atoms with van der Waals surface area (Å²) >= 11 is 6.62. The molecule has 0 spiro atoms. The van der Waals surface area contributed by atoms with E-state index in [2.05, 4.69) is 47.4 Å². The summed E-state index contributed by atoms with van der Waals surface area (Å²) < 4.78 is 0. The smallest absolute Gasteiger partial charge is 0.0588 e. The Kier molecular flexibility index (Phi) is 2.96. The molecule has 1 unspecified atom stereocenters. The maximum Gasteiger partial charge on any atom is 0.0588 e. The van der Waals surface area contributed by atoms with Gasteiger partial charge in [-0.2, -0.15) is 0 Å². The molecule has 1 aliphatic carbocycles. The van der Waals surface area contributed by atoms with E-state index in [1.807, 2.05) is 0 Å². The summed E-state index contributed by atoms with van der Waals surface area (Å²) in [6, 6.07) is 15.1. The zero-order valence-electron chi connectivity index (χ0n) is 11.4. The normalized spacial score (nSPS) is 17.4. The highest BCUT2D eigenvalue weighted by molar-refractivity contribution is 6.21. The molecule has 0 saturated heterocycles. The van der Waals surface area contributed by atoms with E-state index >= 15 is 0 Å². The summed E-state index contributed by atoms with van der Waals surface area (Å²) in [4.78, 5) is 3.46. The quantitative estimate of drug-likeness (QED) is 0.586. The SMILES string of the molecule is ClC(CC1CCC1)c1ccc2[nH]c3ccccc3c2c1. The van der Waals surface area contributed by atoms with Crippen LogP contribution in [0.1, 0.15) is 36.6 Å². The van der Waals surface area contributed by atoms with Crippen molar-refractivity contribution in [3.05, 3.63) is 48.0 Å². The second-order valence-corrected chi connectivity index (χ2v) is 6.50. The number of nitrogens with one attached hydrogen (secondary N) is 1. The van der Waals surface area contributed by atoms with E-state index in [4.69, 9.17) is 11.6 Å². The van der Waals surface area contributed by atoms with Crippen LogP contribution in [0.2, 0.25) is 0 Å². The molecule has 2 aromatic carbocycles. The summed E-state index contributed by atoms with van der Waals surface area (Å²) in [5.74, 6) is 0.844. The first-order chi connectivity index (χ1) is 9.81. The van der Waals surface area contributed by atoms with Crippen LogP contribution < -0.4 is 0 Å². The molecule has 1 saturated carbocycles. The molecule has 1 fully saturated rings. The van der Waals surface area contributed by atoms with Crippen molar-refractivity contribution in [2.75, 3.05) is 0 Å². The van der Waals surface area contributed by atoms with Crippen LogP contribution in [-0.2, 0) is 0 Å². The van der Waals surface area contributed by atoms with Crippen LogP contribution in [0, 0.1) is 5.92 Å². The van der Waals surface area contributed by atoms with Crippen molar-refractivity contribution in [3.8, 4) is 0 Å². The van der Waals surface area contributed by atoms with Gasteiger partial charge in [0.05, 0.1) is 5.38 Å². The molecule has 1 atom stereocenters. The third-order valence-corrected chi connectivity index (χ3v) is 5.09. The van der Waals surface area contributed by atoms with Crippen molar-refractivity contribution < 1.29 is 0 Å². The number of fused-ring (bicyclic) bond motifs is 3. The number of aromatic amines is 1. The first-order valence-corrected chi connectivity index (χ1v) is 7.89. The standard InChI is InChI=1S/C18H18ClN/c19-16(10-12-4-3-5-12)13-8-9-18-15(11-13)14-6-1-2-7-17(14)20-18/h1-2,6-9,11-12,16,20H,3-5,10H2. The maximum atomic E-state index is 6.62. The van der Waals surface area contributed by atoms with Gasteiger partial charge >= 0.3 is 0 Å². The van der Waals surface area contributed by atoms with Gasteiger partial charge in [-0.1, -0.05) is 43.5 Å². The second kappa shape index (κ2) is 4.82. The van der Waals surface area contributed by atoms with Gasteiger partial charge in [-0.25, -0.2) is 0 Å². The minimum Gasteiger partial charge on any atom is -0.355 e. The lowest BCUT2D eigenvalue weighted by atomic mass is 9.81. The lowest BCUT2D eigenvalue weighted by Crippen LogP contribution is -2.12. The minimum absolute atomic E-state index is 0.151. The Bertz CT molecular complexity index is 754. The van der Waals surface area contributed by atoms with Crippen molar-refractivity contribution in [3.63, 3.8) is 0 Å². The Labute approximate surface area is 123 Å². The van der Waals surface area contributed by atoms with Gasteiger partial charge in [-0.3, -0.25) is 0 Å². The number of H-pyrrole nitrogens is 1. The maximum absolute atomic E-state index is 6.62. The van der Waals surface area contributed by atoms with Crippen LogP contribution >= 0.6 is 11.6 Å². The Hall–Kier alpha value is -1.47. The fourth-order valence-electron chi connectivity index (χ4n) is 3.22. The van der Waals surface area contributed by atoms with Crippen LogP contribution in [0.5, 0.6) is 0 Å². The predicted octanol–water partition coefficient (Wildman–Crippen LogP) is 5.79. The molecule has 3 aromatic rings. The molecule has 1 nitrogen and oxygen atoms in total. The van der Waals surface area contributed by atoms with E-state index in [0.717, 1.165) is 12.3 Å². The highest BCUT2D eigenvalue weighted by atomic mass is 35.5. The Morgan fingerprint density at radius 1 is 1.05 bits per heavy atom. The van der Waals surface area contributed by atoms with E-state index in [0.29, 0.717) is 0 Å². The third-order valence-electron chi connectivity index (χ3n) is 4.66. The van der Waals surface area contributed by atoms with Crippen molar-refractivity contribution in [2.24, 2.45) is 5.92 Å². The average molecular weight is 284 g/mol. The molecule has 1 heterocycles. The topological polar surface area (TPSA) is 15.8 Å². The van der Waals surface area contributed by atoms with Gasteiger partial charge in [0, 0.05) is 21.8 Å². The highest BCUT2D eigenvalue weighted by Crippen LogP contribution is 2.38. The molecule has 4 rings (SSSR count). The zero-order valence-corrected chi connectivity index (χ0v) is 12.2. The molecule has 1 aromatic heterocycles. The largest absolute Gasteiger partial charge is 0.355 e. The number of para-hydroxylation sites is 1. The van der Waals surface area contributed by atoms with Gasteiger partial charge in [0.25, 0.3) is 0 Å². The van der Waals surface area contributed by atoms with E-state index in [1.165, 1.54) is 46.6 Å². The highest BCUT2D eigenvalue weighted by Gasteiger charge is 2.22. The van der Waals surface area contributed by atoms with Crippen LogP contribution in [0.15, 0.2) is 42.5 Å². The van der Waals surface area contributed by atoms with E-state index in [1.54, 1.807) is 0 Å². The molecule has 0 bridgehead atoms. The second-order valence-electron chi connectivity index (χ2n) is 5.98. The molecular formula is C18H18ClN. The van der Waals surface area contributed by atoms with Gasteiger partial charge in [-0.05, 0) is 36.1 Å². The van der Waals surface area contributed by atoms with Gasteiger partial charge in [0.15, 0.2) is 0 Å². The fourth-order valence-corrected chi connectivity index (χ4v) is 3.61. The first-order valence-electron chi connectivity index (χ1n) is 7.46. The molecule has 0 aliphatic heterocycles. The number of halogens is 1. The van der Waals surface area contributed by atoms with E-state index in [9.17, 15) is 0 Å². The van der Waals surface area contributed by atoms with Crippen molar-refractivity contribution in [1.82, 2.24) is 4.98 Å². The fraction of sp³-hybridized carbons (Fsp3) is 0.333. The summed E-state index contributed by atoms with van der Waals surface area (Å²) in [5.41, 5.74) is 3.66. The Morgan fingerprint density at radius 3 is 2.65 bits per heavy atom. The molecule has 20 heavy (non-hydrogen) atoms. The number of benzene rings is 2. The molecule has 1 aliphatic rings. The summed E-state index contributed by atoms with van der Waals surface area (Å²) in [5, 5.41) is 2.73. The van der Waals surface area contributed by atoms with Crippen molar-refractivity contribution in [1.29, 1.82) is 0 Å². The lowest BCUT2D eigenvalue weighted by molar-refractivity contribution is 0.293. The average Bonchev–Trinajstić information content (AvgIpc) is 2.80. The molecule has 102 valence electrons. The zero-order chi connectivity index (χ0) is 13.5. The monoisotopic (exact) mass is 283 g/mol. The van der Waals surface area contributed by atoms with Crippen molar-refractivity contribution in [2.45, 2.75) is 31.1 Å². The third kappa shape index (κ3) is 2.01. The predicted molar refractivity (Wildman–Crippen MR) is 86.4 cm³/mol. The van der Waals surface area contributed by atoms with Crippen LogP contribution in [0.4, 0.5) is 0 Å². The van der Waals surface area contributed by atoms with Crippen LogP contribution in [0.3, 0.4) is 0 Å². The van der Waals surface area contributed by atoms with Gasteiger partial charge in [0.1, 0.15) is 0 Å². The van der Waals surface area contributed by atoms with Crippen LogP contribution in [-0.4, -0.2) is 4.98 Å².